The number of rotatable bonds is 4. The van der Waals surface area contributed by atoms with Crippen LogP contribution in [-0.4, -0.2) is 47.3 Å². The van der Waals surface area contributed by atoms with E-state index in [2.05, 4.69) is 25.8 Å². The van der Waals surface area contributed by atoms with Gasteiger partial charge in [-0.25, -0.2) is 14.4 Å². The van der Waals surface area contributed by atoms with Gasteiger partial charge in [-0.2, -0.15) is 5.26 Å². The fourth-order valence-corrected chi connectivity index (χ4v) is 3.31. The van der Waals surface area contributed by atoms with Crippen LogP contribution in [0.4, 0.5) is 10.2 Å². The Balaban J connectivity index is 1.65. The van der Waals surface area contributed by atoms with E-state index in [4.69, 9.17) is 0 Å². The topological polar surface area (TPSA) is 56.1 Å². The van der Waals surface area contributed by atoms with Gasteiger partial charge in [-0.3, -0.25) is 4.90 Å². The zero-order valence-electron chi connectivity index (χ0n) is 13.4. The molecule has 2 heterocycles. The standard InChI is InChI=1S/C17H18FN5S/c1-24-17-15(10-19)16(20-12-21-17)23-8-6-22(7-9-23)11-13-2-4-14(18)5-3-13/h2-5,12H,6-9,11H2,1H3. The molecule has 0 amide bonds. The summed E-state index contributed by atoms with van der Waals surface area (Å²) in [4.78, 5) is 12.9. The lowest BCUT2D eigenvalue weighted by atomic mass is 10.2. The highest BCUT2D eigenvalue weighted by Gasteiger charge is 2.22. The summed E-state index contributed by atoms with van der Waals surface area (Å²) in [5, 5.41) is 10.1. The SMILES string of the molecule is CSc1ncnc(N2CCN(Cc3ccc(F)cc3)CC2)c1C#N. The number of nitriles is 1. The molecule has 24 heavy (non-hydrogen) atoms. The molecule has 1 fully saturated rings. The number of benzene rings is 1. The van der Waals surface area contributed by atoms with Gasteiger partial charge in [0.15, 0.2) is 5.82 Å². The molecule has 5 nitrogen and oxygen atoms in total. The summed E-state index contributed by atoms with van der Waals surface area (Å²) >= 11 is 1.46. The third kappa shape index (κ3) is 3.66. The fourth-order valence-electron chi connectivity index (χ4n) is 2.82. The minimum atomic E-state index is -0.207. The molecule has 0 aliphatic carbocycles. The molecule has 0 unspecified atom stereocenters. The van der Waals surface area contributed by atoms with Gasteiger partial charge in [0.2, 0.25) is 0 Å². The molecule has 1 aromatic heterocycles. The second-order valence-electron chi connectivity index (χ2n) is 5.58. The maximum Gasteiger partial charge on any atom is 0.151 e. The number of anilines is 1. The van der Waals surface area contributed by atoms with Crippen molar-refractivity contribution in [2.45, 2.75) is 11.6 Å². The molecular weight excluding hydrogens is 325 g/mol. The quantitative estimate of drug-likeness (QED) is 0.628. The van der Waals surface area contributed by atoms with Crippen LogP contribution in [0.5, 0.6) is 0 Å². The van der Waals surface area contributed by atoms with E-state index >= 15 is 0 Å². The second kappa shape index (κ2) is 7.60. The van der Waals surface area contributed by atoms with E-state index in [0.717, 1.165) is 49.1 Å². The minimum absolute atomic E-state index is 0.207. The predicted octanol–water partition coefficient (Wildman–Crippen LogP) is 2.53. The first kappa shape index (κ1) is 16.7. The van der Waals surface area contributed by atoms with Gasteiger partial charge in [0.25, 0.3) is 0 Å². The van der Waals surface area contributed by atoms with Crippen molar-refractivity contribution in [2.24, 2.45) is 0 Å². The summed E-state index contributed by atoms with van der Waals surface area (Å²) in [6.45, 7) is 4.17. The second-order valence-corrected chi connectivity index (χ2v) is 6.38. The van der Waals surface area contributed by atoms with Crippen LogP contribution in [0, 0.1) is 17.1 Å². The Morgan fingerprint density at radius 3 is 2.50 bits per heavy atom. The Hall–Kier alpha value is -2.17. The molecule has 124 valence electrons. The van der Waals surface area contributed by atoms with Crippen LogP contribution in [0.1, 0.15) is 11.1 Å². The fraction of sp³-hybridized carbons (Fsp3) is 0.353. The molecule has 0 bridgehead atoms. The molecule has 0 atom stereocenters. The average Bonchev–Trinajstić information content (AvgIpc) is 2.63. The van der Waals surface area contributed by atoms with E-state index in [1.165, 1.54) is 30.2 Å². The van der Waals surface area contributed by atoms with Crippen molar-refractivity contribution in [3.05, 3.63) is 47.5 Å². The maximum absolute atomic E-state index is 13.0. The van der Waals surface area contributed by atoms with Crippen LogP contribution < -0.4 is 4.90 Å². The summed E-state index contributed by atoms with van der Waals surface area (Å²) in [5.41, 5.74) is 1.66. The Morgan fingerprint density at radius 2 is 1.88 bits per heavy atom. The number of hydrogen-bond donors (Lipinski definition) is 0. The van der Waals surface area contributed by atoms with Crippen molar-refractivity contribution in [3.63, 3.8) is 0 Å². The number of aromatic nitrogens is 2. The Bertz CT molecular complexity index is 736. The largest absolute Gasteiger partial charge is 0.353 e. The molecule has 3 rings (SSSR count). The van der Waals surface area contributed by atoms with Crippen molar-refractivity contribution in [1.82, 2.24) is 14.9 Å². The third-order valence-corrected chi connectivity index (χ3v) is 4.79. The highest BCUT2D eigenvalue weighted by atomic mass is 32.2. The van der Waals surface area contributed by atoms with Crippen LogP contribution in [0.3, 0.4) is 0 Å². The van der Waals surface area contributed by atoms with Gasteiger partial charge in [0, 0.05) is 32.7 Å². The molecule has 0 saturated carbocycles. The van der Waals surface area contributed by atoms with E-state index in [1.54, 1.807) is 0 Å². The smallest absolute Gasteiger partial charge is 0.151 e. The summed E-state index contributed by atoms with van der Waals surface area (Å²) in [7, 11) is 0. The summed E-state index contributed by atoms with van der Waals surface area (Å²) < 4.78 is 13.0. The molecule has 0 spiro atoms. The summed E-state index contributed by atoms with van der Waals surface area (Å²) in [6.07, 6.45) is 3.43. The van der Waals surface area contributed by atoms with Crippen LogP contribution in [0.25, 0.3) is 0 Å². The first-order valence-electron chi connectivity index (χ1n) is 7.72. The molecule has 1 aromatic carbocycles. The van der Waals surface area contributed by atoms with Crippen LogP contribution in [0.15, 0.2) is 35.6 Å². The lowest BCUT2D eigenvalue weighted by Gasteiger charge is -2.35. The number of piperazine rings is 1. The lowest BCUT2D eigenvalue weighted by Crippen LogP contribution is -2.46. The summed E-state index contributed by atoms with van der Waals surface area (Å²) in [5.74, 6) is 0.513. The monoisotopic (exact) mass is 343 g/mol. The van der Waals surface area contributed by atoms with Gasteiger partial charge >= 0.3 is 0 Å². The van der Waals surface area contributed by atoms with Gasteiger partial charge in [-0.15, -0.1) is 11.8 Å². The maximum atomic E-state index is 13.0. The summed E-state index contributed by atoms with van der Waals surface area (Å²) in [6, 6.07) is 8.87. The van der Waals surface area contributed by atoms with E-state index in [9.17, 15) is 9.65 Å². The highest BCUT2D eigenvalue weighted by molar-refractivity contribution is 7.98. The van der Waals surface area contributed by atoms with Gasteiger partial charge in [0.1, 0.15) is 28.8 Å². The van der Waals surface area contributed by atoms with Crippen molar-refractivity contribution < 1.29 is 4.39 Å². The Labute approximate surface area is 145 Å². The van der Waals surface area contributed by atoms with E-state index in [1.807, 2.05) is 18.4 Å². The average molecular weight is 343 g/mol. The normalized spacial score (nSPS) is 15.3. The van der Waals surface area contributed by atoms with Crippen LogP contribution in [-0.2, 0) is 6.54 Å². The zero-order chi connectivity index (χ0) is 16.9. The highest BCUT2D eigenvalue weighted by Crippen LogP contribution is 2.25. The number of thioether (sulfide) groups is 1. The molecule has 1 aliphatic rings. The third-order valence-electron chi connectivity index (χ3n) is 4.09. The molecule has 2 aromatic rings. The van der Waals surface area contributed by atoms with E-state index in [0.29, 0.717) is 5.56 Å². The zero-order valence-corrected chi connectivity index (χ0v) is 14.3. The van der Waals surface area contributed by atoms with Crippen molar-refractivity contribution in [1.29, 1.82) is 5.26 Å². The Morgan fingerprint density at radius 1 is 1.17 bits per heavy atom. The van der Waals surface area contributed by atoms with Crippen LogP contribution >= 0.6 is 11.8 Å². The van der Waals surface area contributed by atoms with Gasteiger partial charge < -0.3 is 4.90 Å². The van der Waals surface area contributed by atoms with E-state index in [-0.39, 0.29) is 5.82 Å². The molecular formula is C17H18FN5S. The molecule has 7 heteroatoms. The van der Waals surface area contributed by atoms with Crippen molar-refractivity contribution in [2.75, 3.05) is 37.3 Å². The molecule has 1 saturated heterocycles. The van der Waals surface area contributed by atoms with E-state index < -0.39 is 0 Å². The van der Waals surface area contributed by atoms with Gasteiger partial charge in [0.05, 0.1) is 0 Å². The molecule has 0 radical (unpaired) electrons. The van der Waals surface area contributed by atoms with Gasteiger partial charge in [-0.1, -0.05) is 12.1 Å². The molecule has 0 N–H and O–H groups in total. The number of hydrogen-bond acceptors (Lipinski definition) is 6. The number of nitrogens with zero attached hydrogens (tertiary/aromatic N) is 5. The van der Waals surface area contributed by atoms with Crippen molar-refractivity contribution in [3.8, 4) is 6.07 Å². The minimum Gasteiger partial charge on any atom is -0.353 e. The first-order chi connectivity index (χ1) is 11.7. The lowest BCUT2D eigenvalue weighted by molar-refractivity contribution is 0.249. The first-order valence-corrected chi connectivity index (χ1v) is 8.94. The van der Waals surface area contributed by atoms with Crippen molar-refractivity contribution >= 4 is 17.6 Å². The number of halogens is 1. The van der Waals surface area contributed by atoms with Crippen LogP contribution in [0.2, 0.25) is 0 Å². The Kier molecular flexibility index (Phi) is 5.28. The predicted molar refractivity (Wildman–Crippen MR) is 92.4 cm³/mol. The molecule has 1 aliphatic heterocycles. The van der Waals surface area contributed by atoms with Gasteiger partial charge in [-0.05, 0) is 24.0 Å².